The van der Waals surface area contributed by atoms with Crippen LogP contribution in [0.25, 0.3) is 0 Å². The molecule has 4 aromatic carbocycles. The molecule has 0 saturated carbocycles. The molecule has 0 atom stereocenters. The highest BCUT2D eigenvalue weighted by molar-refractivity contribution is 5.70. The van der Waals surface area contributed by atoms with E-state index in [9.17, 15) is 10.2 Å². The van der Waals surface area contributed by atoms with Crippen molar-refractivity contribution in [1.82, 2.24) is 0 Å². The summed E-state index contributed by atoms with van der Waals surface area (Å²) in [6.45, 7) is 6.03. The van der Waals surface area contributed by atoms with Crippen LogP contribution >= 0.6 is 0 Å². The Morgan fingerprint density at radius 1 is 0.472 bits per heavy atom. The van der Waals surface area contributed by atoms with Crippen molar-refractivity contribution in [2.75, 3.05) is 21.3 Å². The van der Waals surface area contributed by atoms with Crippen molar-refractivity contribution in [3.8, 4) is 11.5 Å². The van der Waals surface area contributed by atoms with Crippen molar-refractivity contribution in [1.29, 1.82) is 0 Å². The number of anilines is 4. The van der Waals surface area contributed by atoms with Gasteiger partial charge in [-0.05, 0) is 38.1 Å². The number of para-hydroxylation sites is 4. The first-order chi connectivity index (χ1) is 17.5. The number of hydrogen-bond donors (Lipinski definition) is 6. The Bertz CT molecular complexity index is 1200. The molecule has 1 heterocycles. The van der Waals surface area contributed by atoms with Gasteiger partial charge < -0.3 is 31.5 Å². The summed E-state index contributed by atoms with van der Waals surface area (Å²) in [6, 6.07) is 24.0. The zero-order valence-electron chi connectivity index (χ0n) is 20.7. The highest BCUT2D eigenvalue weighted by Crippen LogP contribution is 2.32. The van der Waals surface area contributed by atoms with Gasteiger partial charge in [0.2, 0.25) is 0 Å². The van der Waals surface area contributed by atoms with Crippen molar-refractivity contribution >= 4 is 22.7 Å². The summed E-state index contributed by atoms with van der Waals surface area (Å²) in [5.41, 5.74) is 9.29. The molecule has 6 nitrogen and oxygen atoms in total. The molecule has 6 N–H and O–H groups in total. The maximum atomic E-state index is 11.1. The molecule has 1 aliphatic heterocycles. The van der Waals surface area contributed by atoms with E-state index in [-0.39, 0.29) is 0 Å². The van der Waals surface area contributed by atoms with E-state index in [1.54, 1.807) is 0 Å². The van der Waals surface area contributed by atoms with Crippen LogP contribution in [0.1, 0.15) is 33.4 Å². The third kappa shape index (κ3) is 5.03. The van der Waals surface area contributed by atoms with Gasteiger partial charge in [0.15, 0.2) is 0 Å². The minimum absolute atomic E-state index is 0.299. The number of fused-ring (bicyclic) bond motifs is 6. The van der Waals surface area contributed by atoms with Gasteiger partial charge in [-0.15, -0.1) is 0 Å². The SMILES string of the molecule is Cc1cc2c(O)c(c1)CNc1ccccc1NCc1cc(C)cc(c1O)CNc1ccccc1NC2. The predicted molar refractivity (Wildman–Crippen MR) is 148 cm³/mol. The maximum absolute atomic E-state index is 11.1. The Balaban J connectivity index is 1.55. The fraction of sp³-hybridized carbons (Fsp3) is 0.200. The van der Waals surface area contributed by atoms with Crippen molar-refractivity contribution in [3.63, 3.8) is 0 Å². The molecule has 184 valence electrons. The summed E-state index contributed by atoms with van der Waals surface area (Å²) < 4.78 is 0. The van der Waals surface area contributed by atoms with Gasteiger partial charge in [-0.2, -0.15) is 0 Å². The second kappa shape index (κ2) is 10.1. The molecule has 36 heavy (non-hydrogen) atoms. The third-order valence-corrected chi connectivity index (χ3v) is 6.56. The van der Waals surface area contributed by atoms with Crippen LogP contribution in [0, 0.1) is 13.8 Å². The Labute approximate surface area is 212 Å². The number of phenolic OH excluding ortho intramolecular Hbond substituents is 2. The number of phenols is 2. The Hall–Kier alpha value is -4.32. The van der Waals surface area contributed by atoms with Crippen LogP contribution in [-0.2, 0) is 26.2 Å². The topological polar surface area (TPSA) is 88.6 Å². The van der Waals surface area contributed by atoms with Gasteiger partial charge in [0.05, 0.1) is 22.7 Å². The summed E-state index contributed by atoms with van der Waals surface area (Å²) in [5, 5.41) is 36.0. The number of hydrogen-bond acceptors (Lipinski definition) is 6. The first-order valence-corrected chi connectivity index (χ1v) is 12.2. The molecule has 1 aliphatic rings. The van der Waals surface area contributed by atoms with E-state index in [0.717, 1.165) is 56.1 Å². The molecule has 0 fully saturated rings. The monoisotopic (exact) mass is 480 g/mol. The van der Waals surface area contributed by atoms with E-state index < -0.39 is 0 Å². The largest absolute Gasteiger partial charge is 0.507 e. The first kappa shape index (κ1) is 23.4. The molecule has 0 radical (unpaired) electrons. The fourth-order valence-electron chi connectivity index (χ4n) is 4.75. The second-order valence-corrected chi connectivity index (χ2v) is 9.37. The summed E-state index contributed by atoms with van der Waals surface area (Å²) >= 11 is 0. The Morgan fingerprint density at radius 2 is 0.722 bits per heavy atom. The molecule has 6 heteroatoms. The van der Waals surface area contributed by atoms with E-state index >= 15 is 0 Å². The summed E-state index contributed by atoms with van der Waals surface area (Å²) in [6.07, 6.45) is 0. The third-order valence-electron chi connectivity index (χ3n) is 6.56. The predicted octanol–water partition coefficient (Wildman–Crippen LogP) is 6.48. The van der Waals surface area contributed by atoms with Gasteiger partial charge in [0.25, 0.3) is 0 Å². The van der Waals surface area contributed by atoms with Gasteiger partial charge in [-0.3, -0.25) is 0 Å². The molecule has 0 aliphatic carbocycles. The zero-order chi connectivity index (χ0) is 25.1. The quantitative estimate of drug-likeness (QED) is 0.173. The van der Waals surface area contributed by atoms with Gasteiger partial charge in [0, 0.05) is 48.4 Å². The molecule has 4 bridgehead atoms. The van der Waals surface area contributed by atoms with Crippen LogP contribution in [0.5, 0.6) is 11.5 Å². The Morgan fingerprint density at radius 3 is 0.972 bits per heavy atom. The van der Waals surface area contributed by atoms with E-state index in [4.69, 9.17) is 0 Å². The van der Waals surface area contributed by atoms with E-state index in [2.05, 4.69) is 21.3 Å². The van der Waals surface area contributed by atoms with Gasteiger partial charge in [0.1, 0.15) is 11.5 Å². The van der Waals surface area contributed by atoms with Gasteiger partial charge in [-0.25, -0.2) is 0 Å². The van der Waals surface area contributed by atoms with Gasteiger partial charge in [-0.1, -0.05) is 59.7 Å². The minimum Gasteiger partial charge on any atom is -0.507 e. The van der Waals surface area contributed by atoms with Crippen LogP contribution in [0.2, 0.25) is 0 Å². The normalized spacial score (nSPS) is 13.4. The number of aromatic hydroxyl groups is 2. The van der Waals surface area contributed by atoms with Crippen LogP contribution < -0.4 is 21.3 Å². The van der Waals surface area contributed by atoms with E-state index in [0.29, 0.717) is 37.7 Å². The van der Waals surface area contributed by atoms with E-state index in [1.807, 2.05) is 86.6 Å². The summed E-state index contributed by atoms with van der Waals surface area (Å²) in [4.78, 5) is 0. The number of aryl methyl sites for hydroxylation is 2. The zero-order valence-corrected chi connectivity index (χ0v) is 20.7. The van der Waals surface area contributed by atoms with Crippen LogP contribution in [0.15, 0.2) is 72.8 Å². The molecule has 0 spiro atoms. The fourth-order valence-corrected chi connectivity index (χ4v) is 4.75. The molecular weight excluding hydrogens is 448 g/mol. The smallest absolute Gasteiger partial charge is 0.125 e. The number of benzene rings is 4. The van der Waals surface area contributed by atoms with Crippen LogP contribution in [0.3, 0.4) is 0 Å². The first-order valence-electron chi connectivity index (χ1n) is 12.2. The molecular formula is C30H32N4O2. The van der Waals surface area contributed by atoms with Crippen LogP contribution in [0.4, 0.5) is 22.7 Å². The lowest BCUT2D eigenvalue weighted by molar-refractivity contribution is 0.462. The molecule has 5 rings (SSSR count). The number of rotatable bonds is 0. The lowest BCUT2D eigenvalue weighted by atomic mass is 10.0. The molecule has 0 saturated heterocycles. The molecule has 0 unspecified atom stereocenters. The van der Waals surface area contributed by atoms with Crippen LogP contribution in [-0.4, -0.2) is 10.2 Å². The maximum Gasteiger partial charge on any atom is 0.125 e. The molecule has 4 aromatic rings. The average molecular weight is 481 g/mol. The Kier molecular flexibility index (Phi) is 6.58. The highest BCUT2D eigenvalue weighted by Gasteiger charge is 2.14. The average Bonchev–Trinajstić information content (AvgIpc) is 2.88. The standard InChI is InChI=1S/C30H32N4O2/c1-19-11-21-15-31-25-7-3-5-9-27(25)33-17-23-13-20(2)14-24(30(23)36)18-34-28-10-6-4-8-26(28)32-16-22(12-19)29(21)35/h3-14,31-36H,15-18H2,1-2H3. The lowest BCUT2D eigenvalue weighted by Crippen LogP contribution is -2.10. The lowest BCUT2D eigenvalue weighted by Gasteiger charge is -2.19. The summed E-state index contributed by atoms with van der Waals surface area (Å²) in [5.74, 6) is 0.598. The highest BCUT2D eigenvalue weighted by atomic mass is 16.3. The molecule has 0 aromatic heterocycles. The molecule has 0 amide bonds. The van der Waals surface area contributed by atoms with Crippen molar-refractivity contribution in [2.45, 2.75) is 40.0 Å². The van der Waals surface area contributed by atoms with Gasteiger partial charge >= 0.3 is 0 Å². The minimum atomic E-state index is 0.299. The number of nitrogens with one attached hydrogen (secondary N) is 4. The second-order valence-electron chi connectivity index (χ2n) is 9.37. The van der Waals surface area contributed by atoms with Crippen molar-refractivity contribution in [2.24, 2.45) is 0 Å². The van der Waals surface area contributed by atoms with Crippen molar-refractivity contribution in [3.05, 3.63) is 106 Å². The van der Waals surface area contributed by atoms with E-state index in [1.165, 1.54) is 0 Å². The van der Waals surface area contributed by atoms with Crippen molar-refractivity contribution < 1.29 is 10.2 Å². The summed E-state index contributed by atoms with van der Waals surface area (Å²) in [7, 11) is 0.